The summed E-state index contributed by atoms with van der Waals surface area (Å²) in [7, 11) is 0. The number of carbonyl (C=O) groups excluding carboxylic acids is 2. The number of carbonyl (C=O) groups is 2. The van der Waals surface area contributed by atoms with E-state index in [2.05, 4.69) is 0 Å². The molecule has 3 aromatic rings. The number of halogens is 4. The Kier molecular flexibility index (Phi) is 6.61. The van der Waals surface area contributed by atoms with Crippen LogP contribution < -0.4 is 15.2 Å². The van der Waals surface area contributed by atoms with E-state index in [1.165, 1.54) is 10.9 Å². The van der Waals surface area contributed by atoms with Crippen LogP contribution in [0.3, 0.4) is 0 Å². The van der Waals surface area contributed by atoms with Crippen LogP contribution in [0.1, 0.15) is 53.0 Å². The molecule has 0 spiro atoms. The Labute approximate surface area is 236 Å². The fourth-order valence-corrected chi connectivity index (χ4v) is 6.48. The van der Waals surface area contributed by atoms with E-state index < -0.39 is 59.6 Å². The second-order valence-corrected chi connectivity index (χ2v) is 11.4. The van der Waals surface area contributed by atoms with Gasteiger partial charge < -0.3 is 9.64 Å². The summed E-state index contributed by atoms with van der Waals surface area (Å²) < 4.78 is 49.0. The summed E-state index contributed by atoms with van der Waals surface area (Å²) in [6, 6.07) is 11.1. The SMILES string of the molecule is C[C@@H](N1CN([C@@H]2c3ccccc3SCc3cccc(Cl)c32)n2ccc(=O)c(OC(=O)C3CC3)c2C1=O)C(F)(F)F. The highest BCUT2D eigenvalue weighted by molar-refractivity contribution is 7.98. The summed E-state index contributed by atoms with van der Waals surface area (Å²) in [4.78, 5) is 40.8. The van der Waals surface area contributed by atoms with Gasteiger partial charge in [0.05, 0.1) is 5.92 Å². The lowest BCUT2D eigenvalue weighted by molar-refractivity contribution is -0.173. The number of hydrogen-bond donors (Lipinski definition) is 0. The van der Waals surface area contributed by atoms with Crippen molar-refractivity contribution in [1.82, 2.24) is 9.58 Å². The van der Waals surface area contributed by atoms with Crippen LogP contribution in [0.15, 0.2) is 64.4 Å². The second-order valence-electron chi connectivity index (χ2n) is 10.0. The molecule has 1 saturated carbocycles. The average molecular weight is 590 g/mol. The van der Waals surface area contributed by atoms with E-state index in [0.29, 0.717) is 34.1 Å². The molecule has 1 aromatic heterocycles. The number of aromatic nitrogens is 1. The Hall–Kier alpha value is -3.44. The molecule has 7 nitrogen and oxygen atoms in total. The first-order valence-electron chi connectivity index (χ1n) is 12.7. The molecule has 12 heteroatoms. The molecule has 0 unspecified atom stereocenters. The maximum absolute atomic E-state index is 14.1. The number of rotatable bonds is 4. The number of alkyl halides is 3. The van der Waals surface area contributed by atoms with E-state index in [4.69, 9.17) is 16.3 Å². The fourth-order valence-electron chi connectivity index (χ4n) is 5.10. The number of amides is 1. The van der Waals surface area contributed by atoms with Crippen molar-refractivity contribution in [2.24, 2.45) is 5.92 Å². The minimum Gasteiger partial charge on any atom is -0.420 e. The molecule has 3 heterocycles. The molecule has 0 bridgehead atoms. The highest BCUT2D eigenvalue weighted by Crippen LogP contribution is 2.46. The minimum absolute atomic E-state index is 0.406. The van der Waals surface area contributed by atoms with Crippen molar-refractivity contribution < 1.29 is 27.5 Å². The van der Waals surface area contributed by atoms with Crippen molar-refractivity contribution in [1.29, 1.82) is 0 Å². The Balaban J connectivity index is 1.61. The summed E-state index contributed by atoms with van der Waals surface area (Å²) in [5, 5.41) is 1.98. The molecule has 2 aromatic carbocycles. The number of ether oxygens (including phenoxy) is 1. The van der Waals surface area contributed by atoms with Crippen molar-refractivity contribution in [3.63, 3.8) is 0 Å². The van der Waals surface area contributed by atoms with Crippen LogP contribution in [-0.2, 0) is 10.5 Å². The number of benzene rings is 2. The molecule has 6 rings (SSSR count). The number of esters is 1. The molecule has 2 aliphatic heterocycles. The lowest BCUT2D eigenvalue weighted by atomic mass is 9.94. The number of thioether (sulfide) groups is 1. The summed E-state index contributed by atoms with van der Waals surface area (Å²) in [6.45, 7) is 0.417. The van der Waals surface area contributed by atoms with E-state index in [9.17, 15) is 27.6 Å². The Morgan fingerprint density at radius 3 is 2.58 bits per heavy atom. The summed E-state index contributed by atoms with van der Waals surface area (Å²) in [5.74, 6) is -2.16. The van der Waals surface area contributed by atoms with Gasteiger partial charge in [-0.15, -0.1) is 11.8 Å². The Bertz CT molecular complexity index is 1590. The van der Waals surface area contributed by atoms with Crippen molar-refractivity contribution in [2.75, 3.05) is 11.7 Å². The molecular weight excluding hydrogens is 567 g/mol. The topological polar surface area (TPSA) is 71.8 Å². The van der Waals surface area contributed by atoms with Crippen LogP contribution >= 0.6 is 23.4 Å². The smallest absolute Gasteiger partial charge is 0.408 e. The quantitative estimate of drug-likeness (QED) is 0.374. The van der Waals surface area contributed by atoms with Crippen LogP contribution in [0.5, 0.6) is 5.75 Å². The molecular formula is C28H23ClF3N3O4S. The molecule has 1 amide bonds. The van der Waals surface area contributed by atoms with Crippen molar-refractivity contribution in [3.05, 3.63) is 92.4 Å². The van der Waals surface area contributed by atoms with Crippen LogP contribution in [0.2, 0.25) is 5.02 Å². The van der Waals surface area contributed by atoms with E-state index in [1.807, 2.05) is 36.4 Å². The molecule has 2 atom stereocenters. The third-order valence-electron chi connectivity index (χ3n) is 7.44. The maximum Gasteiger partial charge on any atom is 0.408 e. The molecule has 40 heavy (non-hydrogen) atoms. The highest BCUT2D eigenvalue weighted by atomic mass is 35.5. The minimum atomic E-state index is -4.75. The zero-order chi connectivity index (χ0) is 28.3. The predicted molar refractivity (Wildman–Crippen MR) is 143 cm³/mol. The average Bonchev–Trinajstić information content (AvgIpc) is 3.77. The van der Waals surface area contributed by atoms with Gasteiger partial charge >= 0.3 is 12.1 Å². The Morgan fingerprint density at radius 2 is 1.85 bits per heavy atom. The van der Waals surface area contributed by atoms with Gasteiger partial charge in [0, 0.05) is 33.5 Å². The van der Waals surface area contributed by atoms with Crippen LogP contribution in [-0.4, -0.2) is 40.3 Å². The van der Waals surface area contributed by atoms with Gasteiger partial charge in [-0.05, 0) is 43.0 Å². The van der Waals surface area contributed by atoms with E-state index in [-0.39, 0.29) is 0 Å². The summed E-state index contributed by atoms with van der Waals surface area (Å²) >= 11 is 8.34. The third kappa shape index (κ3) is 4.54. The van der Waals surface area contributed by atoms with Gasteiger partial charge in [-0.25, -0.2) is 0 Å². The van der Waals surface area contributed by atoms with Gasteiger partial charge in [-0.1, -0.05) is 41.9 Å². The first-order valence-corrected chi connectivity index (χ1v) is 14.0. The summed E-state index contributed by atoms with van der Waals surface area (Å²) in [5.41, 5.74) is 1.12. The fraction of sp³-hybridized carbons (Fsp3) is 0.321. The van der Waals surface area contributed by atoms with Crippen molar-refractivity contribution in [2.45, 2.75) is 48.7 Å². The Morgan fingerprint density at radius 1 is 1.10 bits per heavy atom. The van der Waals surface area contributed by atoms with Gasteiger partial charge in [0.2, 0.25) is 11.2 Å². The lowest BCUT2D eigenvalue weighted by Gasteiger charge is -2.46. The van der Waals surface area contributed by atoms with Gasteiger partial charge in [-0.3, -0.25) is 24.1 Å². The number of pyridine rings is 1. The molecule has 0 radical (unpaired) electrons. The normalized spacial score (nSPS) is 19.3. The van der Waals surface area contributed by atoms with Gasteiger partial charge in [0.1, 0.15) is 18.8 Å². The van der Waals surface area contributed by atoms with Gasteiger partial charge in [0.15, 0.2) is 5.69 Å². The first-order chi connectivity index (χ1) is 19.1. The first kappa shape index (κ1) is 26.8. The van der Waals surface area contributed by atoms with Crippen LogP contribution in [0.4, 0.5) is 13.2 Å². The number of nitrogens with zero attached hydrogens (tertiary/aromatic N) is 3. The number of hydrogen-bond acceptors (Lipinski definition) is 6. The van der Waals surface area contributed by atoms with Crippen LogP contribution in [0.25, 0.3) is 0 Å². The van der Waals surface area contributed by atoms with E-state index in [0.717, 1.165) is 29.0 Å². The molecule has 0 saturated heterocycles. The standard InChI is InChI=1S/C28H23ClF3N3O4S/c1-15(28(30,31)32)33-14-35(34-12-11-20(36)25(24(34)26(33)37)39-27(38)16-9-10-16)23-18-6-2-3-8-21(18)40-13-17-5-4-7-19(29)22(17)23/h2-8,11-12,15-16,23H,9-10,13-14H2,1H3/t15-,23-/m1/s1. The lowest BCUT2D eigenvalue weighted by Crippen LogP contribution is -2.60. The molecule has 1 fully saturated rings. The third-order valence-corrected chi connectivity index (χ3v) is 8.91. The van der Waals surface area contributed by atoms with Crippen molar-refractivity contribution >= 4 is 35.2 Å². The van der Waals surface area contributed by atoms with E-state index in [1.54, 1.807) is 22.8 Å². The molecule has 3 aliphatic rings. The highest BCUT2D eigenvalue weighted by Gasteiger charge is 2.48. The molecule has 1 aliphatic carbocycles. The number of fused-ring (bicyclic) bond motifs is 3. The zero-order valence-corrected chi connectivity index (χ0v) is 22.7. The zero-order valence-electron chi connectivity index (χ0n) is 21.2. The molecule has 0 N–H and O–H groups in total. The van der Waals surface area contributed by atoms with E-state index >= 15 is 0 Å². The van der Waals surface area contributed by atoms with Gasteiger partial charge in [0.25, 0.3) is 5.91 Å². The summed E-state index contributed by atoms with van der Waals surface area (Å²) in [6.07, 6.45) is -2.26. The van der Waals surface area contributed by atoms with Gasteiger partial charge in [-0.2, -0.15) is 13.2 Å². The molecule has 208 valence electrons. The van der Waals surface area contributed by atoms with Crippen molar-refractivity contribution in [3.8, 4) is 5.75 Å². The maximum atomic E-state index is 14.1. The second kappa shape index (κ2) is 9.88. The monoisotopic (exact) mass is 589 g/mol. The largest absolute Gasteiger partial charge is 0.420 e. The van der Waals surface area contributed by atoms with Crippen LogP contribution in [0, 0.1) is 5.92 Å². The predicted octanol–water partition coefficient (Wildman–Crippen LogP) is 5.51.